The number of rotatable bonds is 0. The first-order chi connectivity index (χ1) is 6.18. The Kier molecular flexibility index (Phi) is 1.81. The summed E-state index contributed by atoms with van der Waals surface area (Å²) in [4.78, 5) is 10.9. The molecule has 0 N–H and O–H groups in total. The Balaban J connectivity index is 2.97. The van der Waals surface area contributed by atoms with Crippen LogP contribution in [0, 0.1) is 5.82 Å². The molecule has 0 fully saturated rings. The van der Waals surface area contributed by atoms with Crippen molar-refractivity contribution in [2.24, 2.45) is 0 Å². The maximum absolute atomic E-state index is 13.0. The van der Waals surface area contributed by atoms with Gasteiger partial charge in [0, 0.05) is 5.39 Å². The third-order valence-corrected chi connectivity index (χ3v) is 1.93. The van der Waals surface area contributed by atoms with Gasteiger partial charge in [0.1, 0.15) is 5.02 Å². The summed E-state index contributed by atoms with van der Waals surface area (Å²) in [6.07, 6.45) is 0. The third kappa shape index (κ3) is 1.31. The van der Waals surface area contributed by atoms with Crippen LogP contribution in [-0.2, 0) is 0 Å². The molecule has 0 bridgehead atoms. The number of hydrogen-bond acceptors (Lipinski definition) is 2. The average molecular weight is 199 g/mol. The van der Waals surface area contributed by atoms with Crippen molar-refractivity contribution in [1.82, 2.24) is 0 Å². The normalized spacial score (nSPS) is 10.6. The molecular formula is C9H4ClFO2. The van der Waals surface area contributed by atoms with Crippen LogP contribution < -0.4 is 5.63 Å². The minimum atomic E-state index is -0.723. The van der Waals surface area contributed by atoms with Gasteiger partial charge in [0.25, 0.3) is 0 Å². The molecule has 0 aliphatic heterocycles. The Labute approximate surface area is 77.5 Å². The van der Waals surface area contributed by atoms with E-state index in [9.17, 15) is 9.18 Å². The zero-order valence-electron chi connectivity index (χ0n) is 6.38. The lowest BCUT2D eigenvalue weighted by Gasteiger charge is -1.96. The molecule has 1 aromatic carbocycles. The van der Waals surface area contributed by atoms with Gasteiger partial charge in [-0.1, -0.05) is 23.7 Å². The fourth-order valence-corrected chi connectivity index (χ4v) is 1.24. The lowest BCUT2D eigenvalue weighted by atomic mass is 10.2. The molecule has 0 saturated carbocycles. The molecule has 0 unspecified atom stereocenters. The zero-order valence-corrected chi connectivity index (χ0v) is 7.14. The molecule has 0 aliphatic rings. The highest BCUT2D eigenvalue weighted by Gasteiger charge is 2.05. The summed E-state index contributed by atoms with van der Waals surface area (Å²) in [5, 5.41) is 0.433. The predicted octanol–water partition coefficient (Wildman–Crippen LogP) is 2.59. The molecule has 2 aromatic rings. The first-order valence-corrected chi connectivity index (χ1v) is 3.94. The maximum Gasteiger partial charge on any atom is 0.355 e. The zero-order chi connectivity index (χ0) is 9.42. The van der Waals surface area contributed by atoms with Crippen molar-refractivity contribution in [3.8, 4) is 0 Å². The molecule has 2 rings (SSSR count). The largest absolute Gasteiger partial charge is 0.418 e. The van der Waals surface area contributed by atoms with Crippen LogP contribution in [0.15, 0.2) is 33.5 Å². The van der Waals surface area contributed by atoms with E-state index in [2.05, 4.69) is 4.42 Å². The summed E-state index contributed by atoms with van der Waals surface area (Å²) in [5.74, 6) is -0.564. The monoisotopic (exact) mass is 198 g/mol. The molecule has 4 heteroatoms. The molecule has 0 radical (unpaired) electrons. The van der Waals surface area contributed by atoms with Gasteiger partial charge in [0.2, 0.25) is 0 Å². The second-order valence-corrected chi connectivity index (χ2v) is 2.95. The third-order valence-electron chi connectivity index (χ3n) is 1.67. The lowest BCUT2D eigenvalue weighted by molar-refractivity contribution is 0.524. The number of fused-ring (bicyclic) bond motifs is 1. The molecule has 0 spiro atoms. The Morgan fingerprint density at radius 2 is 2.15 bits per heavy atom. The fraction of sp³-hybridized carbons (Fsp3) is 0. The van der Waals surface area contributed by atoms with Gasteiger partial charge in [0.05, 0.1) is 0 Å². The van der Waals surface area contributed by atoms with Crippen LogP contribution in [0.3, 0.4) is 0 Å². The number of halogens is 2. The number of hydrogen-bond donors (Lipinski definition) is 0. The van der Waals surface area contributed by atoms with E-state index in [0.717, 1.165) is 0 Å². The van der Waals surface area contributed by atoms with E-state index in [1.54, 1.807) is 6.07 Å². The lowest BCUT2D eigenvalue weighted by Crippen LogP contribution is -1.98. The van der Waals surface area contributed by atoms with Crippen LogP contribution in [0.1, 0.15) is 0 Å². The summed E-state index contributed by atoms with van der Waals surface area (Å²) in [6, 6.07) is 5.74. The van der Waals surface area contributed by atoms with Crippen molar-refractivity contribution in [2.45, 2.75) is 0 Å². The molecule has 66 valence electrons. The molecule has 13 heavy (non-hydrogen) atoms. The van der Waals surface area contributed by atoms with Crippen molar-refractivity contribution in [1.29, 1.82) is 0 Å². The van der Waals surface area contributed by atoms with Crippen molar-refractivity contribution >= 4 is 22.6 Å². The second kappa shape index (κ2) is 2.85. The Morgan fingerprint density at radius 3 is 2.92 bits per heavy atom. The molecule has 0 atom stereocenters. The molecule has 0 aliphatic carbocycles. The van der Waals surface area contributed by atoms with Crippen LogP contribution in [0.2, 0.25) is 5.02 Å². The molecule has 1 heterocycles. The van der Waals surface area contributed by atoms with E-state index in [4.69, 9.17) is 11.6 Å². The average Bonchev–Trinajstić information content (AvgIpc) is 2.09. The summed E-state index contributed by atoms with van der Waals surface area (Å²) < 4.78 is 17.7. The smallest absolute Gasteiger partial charge is 0.355 e. The second-order valence-electron chi connectivity index (χ2n) is 2.54. The highest BCUT2D eigenvalue weighted by Crippen LogP contribution is 2.18. The summed E-state index contributed by atoms with van der Waals surface area (Å²) in [7, 11) is 0. The SMILES string of the molecule is O=c1oc2c(F)cccc2cc1Cl. The number of benzene rings is 1. The van der Waals surface area contributed by atoms with Gasteiger partial charge in [-0.25, -0.2) is 9.18 Å². The minimum Gasteiger partial charge on any atom is -0.418 e. The Morgan fingerprint density at radius 1 is 1.38 bits per heavy atom. The fourth-order valence-electron chi connectivity index (χ4n) is 1.08. The van der Waals surface area contributed by atoms with Crippen molar-refractivity contribution in [3.63, 3.8) is 0 Å². The Bertz CT molecular complexity index is 518. The molecular weight excluding hydrogens is 195 g/mol. The van der Waals surface area contributed by atoms with Crippen LogP contribution in [0.4, 0.5) is 4.39 Å². The Hall–Kier alpha value is -1.35. The highest BCUT2D eigenvalue weighted by molar-refractivity contribution is 6.30. The predicted molar refractivity (Wildman–Crippen MR) is 47.5 cm³/mol. The van der Waals surface area contributed by atoms with E-state index in [0.29, 0.717) is 5.39 Å². The van der Waals surface area contributed by atoms with Crippen molar-refractivity contribution in [3.05, 3.63) is 45.5 Å². The van der Waals surface area contributed by atoms with Crippen molar-refractivity contribution in [2.75, 3.05) is 0 Å². The quantitative estimate of drug-likeness (QED) is 0.609. The first kappa shape index (κ1) is 8.26. The van der Waals surface area contributed by atoms with Gasteiger partial charge < -0.3 is 4.42 Å². The molecule has 0 amide bonds. The van der Waals surface area contributed by atoms with Crippen LogP contribution in [0.5, 0.6) is 0 Å². The standard InChI is InChI=1S/C9H4ClFO2/c10-6-4-5-2-1-3-7(11)8(5)13-9(6)12/h1-4H. The van der Waals surface area contributed by atoms with Crippen LogP contribution in [-0.4, -0.2) is 0 Å². The van der Waals surface area contributed by atoms with Crippen molar-refractivity contribution < 1.29 is 8.81 Å². The van der Waals surface area contributed by atoms with E-state index < -0.39 is 11.4 Å². The van der Waals surface area contributed by atoms with Gasteiger partial charge in [-0.3, -0.25) is 0 Å². The van der Waals surface area contributed by atoms with Gasteiger partial charge in [-0.05, 0) is 12.1 Å². The van der Waals surface area contributed by atoms with Gasteiger partial charge in [-0.15, -0.1) is 0 Å². The maximum atomic E-state index is 13.0. The topological polar surface area (TPSA) is 30.2 Å². The van der Waals surface area contributed by atoms with Gasteiger partial charge in [0.15, 0.2) is 11.4 Å². The van der Waals surface area contributed by atoms with E-state index in [1.807, 2.05) is 0 Å². The van der Waals surface area contributed by atoms with E-state index in [1.165, 1.54) is 18.2 Å². The van der Waals surface area contributed by atoms with E-state index >= 15 is 0 Å². The summed E-state index contributed by atoms with van der Waals surface area (Å²) >= 11 is 5.51. The first-order valence-electron chi connectivity index (χ1n) is 3.56. The van der Waals surface area contributed by atoms with Gasteiger partial charge >= 0.3 is 5.63 Å². The minimum absolute atomic E-state index is 0.0434. The molecule has 2 nitrogen and oxygen atoms in total. The van der Waals surface area contributed by atoms with Gasteiger partial charge in [-0.2, -0.15) is 0 Å². The van der Waals surface area contributed by atoms with E-state index in [-0.39, 0.29) is 10.6 Å². The summed E-state index contributed by atoms with van der Waals surface area (Å²) in [5.41, 5.74) is -0.781. The van der Waals surface area contributed by atoms with Crippen LogP contribution >= 0.6 is 11.6 Å². The molecule has 0 saturated heterocycles. The molecule has 1 aromatic heterocycles. The number of para-hydroxylation sites is 1. The highest BCUT2D eigenvalue weighted by atomic mass is 35.5. The van der Waals surface area contributed by atoms with Crippen LogP contribution in [0.25, 0.3) is 11.0 Å². The summed E-state index contributed by atoms with van der Waals surface area (Å²) in [6.45, 7) is 0.